The summed E-state index contributed by atoms with van der Waals surface area (Å²) >= 11 is 0. The van der Waals surface area contributed by atoms with Crippen LogP contribution in [-0.2, 0) is 9.59 Å². The van der Waals surface area contributed by atoms with Gasteiger partial charge in [-0.15, -0.1) is 0 Å². The molecule has 3 aromatic rings. The molecule has 3 nitrogen and oxygen atoms in total. The molecule has 0 aromatic heterocycles. The van der Waals surface area contributed by atoms with Gasteiger partial charge in [-0.2, -0.15) is 0 Å². The summed E-state index contributed by atoms with van der Waals surface area (Å²) in [6, 6.07) is 27.7. The number of imide groups is 1. The molecule has 4 unspecified atom stereocenters. The molecule has 1 aliphatic carbocycles. The molecule has 5 rings (SSSR count). The summed E-state index contributed by atoms with van der Waals surface area (Å²) in [5.74, 6) is -1.24. The van der Waals surface area contributed by atoms with E-state index in [4.69, 9.17) is 0 Å². The molecule has 0 spiro atoms. The van der Waals surface area contributed by atoms with Gasteiger partial charge >= 0.3 is 0 Å². The van der Waals surface area contributed by atoms with Gasteiger partial charge in [0.25, 0.3) is 0 Å². The highest BCUT2D eigenvalue weighted by molar-refractivity contribution is 6.23. The SMILES string of the molecule is Cc1ccc(N2C(=O)C3C(c4ccccc4)C=CC(c4ccccc4)C3C2=O)cc1. The first-order valence-corrected chi connectivity index (χ1v) is 10.4. The normalized spacial score (nSPS) is 25.4. The fourth-order valence-electron chi connectivity index (χ4n) is 4.88. The Morgan fingerprint density at radius 2 is 1.03 bits per heavy atom. The number of anilines is 1. The molecule has 30 heavy (non-hydrogen) atoms. The number of rotatable bonds is 3. The molecule has 2 aliphatic rings. The minimum absolute atomic E-state index is 0.104. The second kappa shape index (κ2) is 7.42. The molecule has 3 heteroatoms. The van der Waals surface area contributed by atoms with E-state index >= 15 is 0 Å². The van der Waals surface area contributed by atoms with Crippen molar-refractivity contribution in [2.24, 2.45) is 11.8 Å². The molecule has 0 bridgehead atoms. The maximum absolute atomic E-state index is 13.7. The Balaban J connectivity index is 1.63. The molecule has 0 saturated carbocycles. The van der Waals surface area contributed by atoms with Crippen LogP contribution in [0.3, 0.4) is 0 Å². The average Bonchev–Trinajstić information content (AvgIpc) is 3.06. The van der Waals surface area contributed by atoms with Crippen molar-refractivity contribution in [1.29, 1.82) is 0 Å². The van der Waals surface area contributed by atoms with Crippen molar-refractivity contribution in [2.45, 2.75) is 18.8 Å². The van der Waals surface area contributed by atoms with Crippen LogP contribution < -0.4 is 4.90 Å². The Hall–Kier alpha value is -3.46. The molecule has 3 aromatic carbocycles. The maximum Gasteiger partial charge on any atom is 0.238 e. The van der Waals surface area contributed by atoms with Crippen LogP contribution in [-0.4, -0.2) is 11.8 Å². The van der Waals surface area contributed by atoms with Gasteiger partial charge in [-0.05, 0) is 30.2 Å². The summed E-state index contributed by atoms with van der Waals surface area (Å²) in [6.07, 6.45) is 4.25. The fourth-order valence-corrected chi connectivity index (χ4v) is 4.88. The van der Waals surface area contributed by atoms with Crippen LogP contribution in [0.2, 0.25) is 0 Å². The monoisotopic (exact) mass is 393 g/mol. The number of fused-ring (bicyclic) bond motifs is 1. The van der Waals surface area contributed by atoms with E-state index in [0.717, 1.165) is 16.7 Å². The Bertz CT molecular complexity index is 1040. The Kier molecular flexibility index (Phi) is 4.59. The van der Waals surface area contributed by atoms with Crippen molar-refractivity contribution in [3.63, 3.8) is 0 Å². The number of aryl methyl sites for hydroxylation is 1. The molecule has 1 heterocycles. The number of hydrogen-bond donors (Lipinski definition) is 0. The predicted octanol–water partition coefficient (Wildman–Crippen LogP) is 5.24. The van der Waals surface area contributed by atoms with Crippen molar-refractivity contribution < 1.29 is 9.59 Å². The standard InChI is InChI=1S/C27H23NO2/c1-18-12-14-21(15-13-18)28-26(29)24-22(19-8-4-2-5-9-19)16-17-23(25(24)27(28)30)20-10-6-3-7-11-20/h2-17,22-25H,1H3. The molecule has 148 valence electrons. The smallest absolute Gasteiger partial charge is 0.238 e. The van der Waals surface area contributed by atoms with Crippen LogP contribution in [0.1, 0.15) is 28.5 Å². The van der Waals surface area contributed by atoms with Crippen molar-refractivity contribution in [3.05, 3.63) is 114 Å². The number of benzene rings is 3. The zero-order valence-corrected chi connectivity index (χ0v) is 16.8. The molecule has 1 saturated heterocycles. The minimum Gasteiger partial charge on any atom is -0.274 e. The molecule has 4 atom stereocenters. The van der Waals surface area contributed by atoms with Gasteiger partial charge in [-0.3, -0.25) is 9.59 Å². The zero-order valence-electron chi connectivity index (χ0n) is 16.8. The van der Waals surface area contributed by atoms with Crippen LogP contribution >= 0.6 is 0 Å². The van der Waals surface area contributed by atoms with E-state index in [2.05, 4.69) is 12.2 Å². The number of amides is 2. The van der Waals surface area contributed by atoms with Crippen molar-refractivity contribution >= 4 is 17.5 Å². The quantitative estimate of drug-likeness (QED) is 0.451. The van der Waals surface area contributed by atoms with E-state index in [1.165, 1.54) is 4.90 Å². The highest BCUT2D eigenvalue weighted by Crippen LogP contribution is 2.50. The third kappa shape index (κ3) is 2.98. The lowest BCUT2D eigenvalue weighted by atomic mass is 9.68. The van der Waals surface area contributed by atoms with Gasteiger partial charge in [-0.25, -0.2) is 4.90 Å². The Morgan fingerprint density at radius 3 is 1.47 bits per heavy atom. The molecular weight excluding hydrogens is 370 g/mol. The van der Waals surface area contributed by atoms with Gasteiger partial charge in [0.15, 0.2) is 0 Å². The molecule has 2 amide bonds. The second-order valence-electron chi connectivity index (χ2n) is 8.16. The summed E-state index contributed by atoms with van der Waals surface area (Å²) < 4.78 is 0. The summed E-state index contributed by atoms with van der Waals surface area (Å²) in [5, 5.41) is 0. The van der Waals surface area contributed by atoms with Gasteiger partial charge in [0.05, 0.1) is 17.5 Å². The lowest BCUT2D eigenvalue weighted by Crippen LogP contribution is -2.31. The summed E-state index contributed by atoms with van der Waals surface area (Å²) in [6.45, 7) is 2.00. The van der Waals surface area contributed by atoms with E-state index in [9.17, 15) is 9.59 Å². The van der Waals surface area contributed by atoms with Crippen molar-refractivity contribution in [3.8, 4) is 0 Å². The van der Waals surface area contributed by atoms with E-state index in [1.54, 1.807) is 0 Å². The maximum atomic E-state index is 13.7. The zero-order chi connectivity index (χ0) is 20.7. The highest BCUT2D eigenvalue weighted by atomic mass is 16.2. The van der Waals surface area contributed by atoms with Crippen LogP contribution in [0.4, 0.5) is 5.69 Å². The number of hydrogen-bond acceptors (Lipinski definition) is 2. The first-order chi connectivity index (χ1) is 14.6. The first kappa shape index (κ1) is 18.6. The van der Waals surface area contributed by atoms with E-state index in [0.29, 0.717) is 5.69 Å². The molecular formula is C27H23NO2. The molecule has 0 radical (unpaired) electrons. The minimum atomic E-state index is -0.406. The number of nitrogens with zero attached hydrogens (tertiary/aromatic N) is 1. The van der Waals surface area contributed by atoms with Crippen LogP contribution in [0.15, 0.2) is 97.1 Å². The predicted molar refractivity (Wildman–Crippen MR) is 118 cm³/mol. The molecule has 1 fully saturated rings. The Labute approximate surface area is 176 Å². The van der Waals surface area contributed by atoms with Crippen LogP contribution in [0.5, 0.6) is 0 Å². The lowest BCUT2D eigenvalue weighted by molar-refractivity contribution is -0.122. The first-order valence-electron chi connectivity index (χ1n) is 10.4. The van der Waals surface area contributed by atoms with Crippen molar-refractivity contribution in [1.82, 2.24) is 0 Å². The third-order valence-corrected chi connectivity index (χ3v) is 6.36. The van der Waals surface area contributed by atoms with E-state index < -0.39 is 11.8 Å². The van der Waals surface area contributed by atoms with Gasteiger partial charge < -0.3 is 0 Å². The third-order valence-electron chi connectivity index (χ3n) is 6.36. The average molecular weight is 393 g/mol. The second-order valence-corrected chi connectivity index (χ2v) is 8.16. The van der Waals surface area contributed by atoms with E-state index in [1.807, 2.05) is 91.9 Å². The molecule has 1 aliphatic heterocycles. The highest BCUT2D eigenvalue weighted by Gasteiger charge is 2.55. The van der Waals surface area contributed by atoms with Crippen LogP contribution in [0, 0.1) is 18.8 Å². The number of allylic oxidation sites excluding steroid dienone is 2. The fraction of sp³-hybridized carbons (Fsp3) is 0.185. The topological polar surface area (TPSA) is 37.4 Å². The van der Waals surface area contributed by atoms with Crippen LogP contribution in [0.25, 0.3) is 0 Å². The molecule has 0 N–H and O–H groups in total. The van der Waals surface area contributed by atoms with Crippen molar-refractivity contribution in [2.75, 3.05) is 4.90 Å². The number of carbonyl (C=O) groups is 2. The summed E-state index contributed by atoms with van der Waals surface area (Å²) in [5.41, 5.74) is 3.90. The van der Waals surface area contributed by atoms with Gasteiger partial charge in [0.2, 0.25) is 11.8 Å². The van der Waals surface area contributed by atoms with Gasteiger partial charge in [-0.1, -0.05) is 90.5 Å². The summed E-state index contributed by atoms with van der Waals surface area (Å²) in [7, 11) is 0. The van der Waals surface area contributed by atoms with Gasteiger partial charge in [0, 0.05) is 11.8 Å². The largest absolute Gasteiger partial charge is 0.274 e. The van der Waals surface area contributed by atoms with E-state index in [-0.39, 0.29) is 23.7 Å². The Morgan fingerprint density at radius 1 is 0.600 bits per heavy atom. The lowest BCUT2D eigenvalue weighted by Gasteiger charge is -2.32. The van der Waals surface area contributed by atoms with Gasteiger partial charge in [0.1, 0.15) is 0 Å². The summed E-state index contributed by atoms with van der Waals surface area (Å²) in [4.78, 5) is 28.7. The number of carbonyl (C=O) groups excluding carboxylic acids is 2.